The SMILES string of the molecule is CCC/C=C(\CCC)c1cccc(/C(=C/CCC)CCC)c1-c1ccccn1. The van der Waals surface area contributed by atoms with Crippen LogP contribution in [0, 0.1) is 0 Å². The molecule has 0 amide bonds. The zero-order valence-corrected chi connectivity index (χ0v) is 18.3. The molecule has 1 heterocycles. The number of pyridine rings is 1. The van der Waals surface area contributed by atoms with E-state index in [9.17, 15) is 0 Å². The van der Waals surface area contributed by atoms with Gasteiger partial charge in [-0.3, -0.25) is 4.98 Å². The van der Waals surface area contributed by atoms with Gasteiger partial charge < -0.3 is 0 Å². The number of unbranched alkanes of at least 4 members (excludes halogenated alkanes) is 2. The molecule has 1 heteroatoms. The number of hydrogen-bond acceptors (Lipinski definition) is 1. The van der Waals surface area contributed by atoms with E-state index < -0.39 is 0 Å². The second-order valence-electron chi connectivity index (χ2n) is 7.48. The molecule has 1 nitrogen and oxygen atoms in total. The molecule has 0 bridgehead atoms. The molecular formula is C27H37N. The van der Waals surface area contributed by atoms with Crippen LogP contribution < -0.4 is 0 Å². The summed E-state index contributed by atoms with van der Waals surface area (Å²) in [7, 11) is 0. The highest BCUT2D eigenvalue weighted by Crippen LogP contribution is 2.38. The van der Waals surface area contributed by atoms with E-state index in [-0.39, 0.29) is 0 Å². The van der Waals surface area contributed by atoms with Gasteiger partial charge in [-0.1, -0.05) is 89.8 Å². The van der Waals surface area contributed by atoms with E-state index in [1.165, 1.54) is 40.7 Å². The van der Waals surface area contributed by atoms with Gasteiger partial charge in [-0.05, 0) is 60.1 Å². The summed E-state index contributed by atoms with van der Waals surface area (Å²) in [5.41, 5.74) is 8.08. The third-order valence-corrected chi connectivity index (χ3v) is 5.07. The summed E-state index contributed by atoms with van der Waals surface area (Å²) in [6.45, 7) is 9.05. The minimum absolute atomic E-state index is 1.09. The van der Waals surface area contributed by atoms with Crippen molar-refractivity contribution in [3.8, 4) is 11.3 Å². The van der Waals surface area contributed by atoms with Crippen molar-refractivity contribution in [2.45, 2.75) is 79.1 Å². The molecule has 0 atom stereocenters. The monoisotopic (exact) mass is 375 g/mol. The van der Waals surface area contributed by atoms with Gasteiger partial charge in [-0.25, -0.2) is 0 Å². The lowest BCUT2D eigenvalue weighted by Gasteiger charge is -2.19. The second kappa shape index (κ2) is 12.3. The molecular weight excluding hydrogens is 338 g/mol. The molecule has 0 saturated heterocycles. The van der Waals surface area contributed by atoms with Crippen molar-refractivity contribution in [1.29, 1.82) is 0 Å². The average Bonchev–Trinajstić information content (AvgIpc) is 2.74. The zero-order valence-electron chi connectivity index (χ0n) is 18.3. The van der Waals surface area contributed by atoms with E-state index in [0.717, 1.165) is 44.2 Å². The molecule has 0 aliphatic heterocycles. The van der Waals surface area contributed by atoms with E-state index in [1.54, 1.807) is 0 Å². The largest absolute Gasteiger partial charge is 0.256 e. The quantitative estimate of drug-likeness (QED) is 0.382. The molecule has 0 spiro atoms. The van der Waals surface area contributed by atoms with Gasteiger partial charge in [0.25, 0.3) is 0 Å². The summed E-state index contributed by atoms with van der Waals surface area (Å²) in [5, 5.41) is 0. The Morgan fingerprint density at radius 3 is 1.71 bits per heavy atom. The first-order valence-electron chi connectivity index (χ1n) is 11.2. The van der Waals surface area contributed by atoms with Gasteiger partial charge in [-0.15, -0.1) is 0 Å². The van der Waals surface area contributed by atoms with E-state index in [4.69, 9.17) is 4.98 Å². The van der Waals surface area contributed by atoms with Crippen LogP contribution in [0.25, 0.3) is 22.4 Å². The van der Waals surface area contributed by atoms with Crippen LogP contribution in [-0.4, -0.2) is 4.98 Å². The van der Waals surface area contributed by atoms with Gasteiger partial charge in [0.15, 0.2) is 0 Å². The first-order chi connectivity index (χ1) is 13.8. The van der Waals surface area contributed by atoms with Crippen LogP contribution in [0.15, 0.2) is 54.7 Å². The lowest BCUT2D eigenvalue weighted by atomic mass is 9.86. The highest BCUT2D eigenvalue weighted by atomic mass is 14.7. The Morgan fingerprint density at radius 2 is 1.29 bits per heavy atom. The minimum atomic E-state index is 1.09. The molecule has 28 heavy (non-hydrogen) atoms. The summed E-state index contributed by atoms with van der Waals surface area (Å²) in [6.07, 6.45) is 16.0. The summed E-state index contributed by atoms with van der Waals surface area (Å²) in [6, 6.07) is 13.1. The normalized spacial score (nSPS) is 12.4. The lowest BCUT2D eigenvalue weighted by Crippen LogP contribution is -1.98. The van der Waals surface area contributed by atoms with Crippen molar-refractivity contribution in [3.63, 3.8) is 0 Å². The first-order valence-corrected chi connectivity index (χ1v) is 11.2. The molecule has 0 aliphatic carbocycles. The Kier molecular flexibility index (Phi) is 9.76. The van der Waals surface area contributed by atoms with Crippen molar-refractivity contribution in [2.24, 2.45) is 0 Å². The second-order valence-corrected chi connectivity index (χ2v) is 7.48. The van der Waals surface area contributed by atoms with Gasteiger partial charge in [0.2, 0.25) is 0 Å². The molecule has 2 aromatic rings. The zero-order chi connectivity index (χ0) is 20.2. The Morgan fingerprint density at radius 1 is 0.714 bits per heavy atom. The molecule has 0 aliphatic rings. The molecule has 0 fully saturated rings. The van der Waals surface area contributed by atoms with E-state index in [0.29, 0.717) is 0 Å². The number of nitrogens with zero attached hydrogens (tertiary/aromatic N) is 1. The Hall–Kier alpha value is -2.15. The molecule has 0 N–H and O–H groups in total. The fourth-order valence-electron chi connectivity index (χ4n) is 3.74. The van der Waals surface area contributed by atoms with Gasteiger partial charge in [0.1, 0.15) is 0 Å². The van der Waals surface area contributed by atoms with Gasteiger partial charge in [0.05, 0.1) is 5.69 Å². The predicted octanol–water partition coefficient (Wildman–Crippen LogP) is 8.72. The number of allylic oxidation sites excluding steroid dienone is 4. The summed E-state index contributed by atoms with van der Waals surface area (Å²) in [5.74, 6) is 0. The average molecular weight is 376 g/mol. The molecule has 150 valence electrons. The highest BCUT2D eigenvalue weighted by molar-refractivity contribution is 5.89. The Bertz CT molecular complexity index is 724. The Labute approximate surface area is 172 Å². The smallest absolute Gasteiger partial charge is 0.0714 e. The van der Waals surface area contributed by atoms with Crippen LogP contribution in [0.2, 0.25) is 0 Å². The summed E-state index contributed by atoms with van der Waals surface area (Å²) in [4.78, 5) is 4.76. The minimum Gasteiger partial charge on any atom is -0.256 e. The van der Waals surface area contributed by atoms with Crippen LogP contribution in [0.1, 0.15) is 90.2 Å². The molecule has 2 rings (SSSR count). The highest BCUT2D eigenvalue weighted by Gasteiger charge is 2.16. The van der Waals surface area contributed by atoms with E-state index in [2.05, 4.69) is 70.2 Å². The Balaban J connectivity index is 2.72. The maximum absolute atomic E-state index is 4.76. The van der Waals surface area contributed by atoms with Crippen LogP contribution in [0.5, 0.6) is 0 Å². The fourth-order valence-corrected chi connectivity index (χ4v) is 3.74. The van der Waals surface area contributed by atoms with Crippen molar-refractivity contribution < 1.29 is 0 Å². The molecule has 0 radical (unpaired) electrons. The van der Waals surface area contributed by atoms with Gasteiger partial charge >= 0.3 is 0 Å². The summed E-state index contributed by atoms with van der Waals surface area (Å²) < 4.78 is 0. The third kappa shape index (κ3) is 5.92. The van der Waals surface area contributed by atoms with Gasteiger partial charge in [-0.2, -0.15) is 0 Å². The standard InChI is InChI=1S/C27H37N/c1-5-9-16-22(14-7-3)24-18-13-19-25(23(15-8-4)17-10-6-2)27(24)26-20-11-12-21-28-26/h11-13,16-21H,5-10,14-15H2,1-4H3/b22-16+,23-17+. The predicted molar refractivity (Wildman–Crippen MR) is 125 cm³/mol. The maximum Gasteiger partial charge on any atom is 0.0714 e. The van der Waals surface area contributed by atoms with Crippen LogP contribution in [0.4, 0.5) is 0 Å². The number of rotatable bonds is 11. The first kappa shape index (κ1) is 22.1. The number of hydrogen-bond donors (Lipinski definition) is 0. The third-order valence-electron chi connectivity index (χ3n) is 5.07. The van der Waals surface area contributed by atoms with Crippen molar-refractivity contribution in [2.75, 3.05) is 0 Å². The topological polar surface area (TPSA) is 12.9 Å². The van der Waals surface area contributed by atoms with Crippen molar-refractivity contribution in [1.82, 2.24) is 4.98 Å². The van der Waals surface area contributed by atoms with Crippen LogP contribution >= 0.6 is 0 Å². The van der Waals surface area contributed by atoms with E-state index >= 15 is 0 Å². The maximum atomic E-state index is 4.76. The molecule has 0 unspecified atom stereocenters. The van der Waals surface area contributed by atoms with Crippen LogP contribution in [0.3, 0.4) is 0 Å². The van der Waals surface area contributed by atoms with Crippen LogP contribution in [-0.2, 0) is 0 Å². The van der Waals surface area contributed by atoms with E-state index in [1.807, 2.05) is 12.3 Å². The molecule has 0 saturated carbocycles. The molecule has 1 aromatic carbocycles. The number of benzene rings is 1. The number of aromatic nitrogens is 1. The van der Waals surface area contributed by atoms with Crippen molar-refractivity contribution in [3.05, 3.63) is 65.9 Å². The summed E-state index contributed by atoms with van der Waals surface area (Å²) >= 11 is 0. The fraction of sp³-hybridized carbons (Fsp3) is 0.444. The molecule has 1 aromatic heterocycles. The van der Waals surface area contributed by atoms with Crippen molar-refractivity contribution >= 4 is 11.1 Å². The van der Waals surface area contributed by atoms with Gasteiger partial charge in [0, 0.05) is 11.8 Å². The lowest BCUT2D eigenvalue weighted by molar-refractivity contribution is 0.930.